The maximum atomic E-state index is 13.5. The molecule has 3 atom stereocenters. The summed E-state index contributed by atoms with van der Waals surface area (Å²) in [6, 6.07) is 5.76. The number of imide groups is 1. The zero-order valence-electron chi connectivity index (χ0n) is 19.7. The Morgan fingerprint density at radius 1 is 1.11 bits per heavy atom. The zero-order chi connectivity index (χ0) is 23.9. The average molecular weight is 528 g/mol. The maximum Gasteiger partial charge on any atom is 0.255 e. The van der Waals surface area contributed by atoms with Gasteiger partial charge >= 0.3 is 0 Å². The summed E-state index contributed by atoms with van der Waals surface area (Å²) in [4.78, 5) is 38.3. The van der Waals surface area contributed by atoms with Gasteiger partial charge in [-0.05, 0) is 54.8 Å². The summed E-state index contributed by atoms with van der Waals surface area (Å²) < 4.78 is 27.1. The Hall–Kier alpha value is -1.83. The van der Waals surface area contributed by atoms with Crippen LogP contribution in [-0.4, -0.2) is 46.7 Å². The first-order chi connectivity index (χ1) is 16.3. The molecule has 0 aromatic heterocycles. The number of benzene rings is 1. The minimum absolute atomic E-state index is 0. The Bertz CT molecular complexity index is 979. The van der Waals surface area contributed by atoms with Gasteiger partial charge in [-0.1, -0.05) is 18.6 Å². The number of alkyl halides is 2. The number of nitrogens with one attached hydrogen (secondary N) is 2. The molecule has 2 N–H and O–H groups in total. The molecule has 2 aliphatic heterocycles. The molecule has 4 aliphatic rings. The summed E-state index contributed by atoms with van der Waals surface area (Å²) in [5.41, 5.74) is 2.71. The minimum Gasteiger partial charge on any atom is -0.327 e. The van der Waals surface area contributed by atoms with E-state index in [0.717, 1.165) is 36.8 Å². The van der Waals surface area contributed by atoms with Crippen molar-refractivity contribution < 1.29 is 40.2 Å². The van der Waals surface area contributed by atoms with E-state index in [2.05, 4.69) is 23.1 Å². The van der Waals surface area contributed by atoms with Crippen molar-refractivity contribution in [3.63, 3.8) is 0 Å². The fourth-order valence-electron chi connectivity index (χ4n) is 6.04. The van der Waals surface area contributed by atoms with Gasteiger partial charge in [0.05, 0.1) is 0 Å². The molecule has 2 saturated carbocycles. The molecule has 2 heterocycles. The molecule has 2 aliphatic carbocycles. The summed E-state index contributed by atoms with van der Waals surface area (Å²) in [5, 5.41) is 6.02. The largest absolute Gasteiger partial charge is 0.327 e. The molecule has 1 saturated heterocycles. The first-order valence-corrected chi connectivity index (χ1v) is 12.5. The van der Waals surface area contributed by atoms with Crippen LogP contribution in [0.15, 0.2) is 18.2 Å². The molecule has 0 bridgehead atoms. The third kappa shape index (κ3) is 5.78. The van der Waals surface area contributed by atoms with Crippen molar-refractivity contribution in [2.45, 2.75) is 94.8 Å². The van der Waals surface area contributed by atoms with Crippen LogP contribution in [0.5, 0.6) is 0 Å². The summed E-state index contributed by atoms with van der Waals surface area (Å²) in [5.74, 6) is -2.95. The molecular weight excluding hydrogens is 496 g/mol. The van der Waals surface area contributed by atoms with Crippen molar-refractivity contribution in [3.05, 3.63) is 41.3 Å². The standard InChI is InChI=1S/C26H32F2N3O3.Fe/c27-26(28)11-9-19(10-12-26)29-21-4-2-1-3-17(21)13-16-5-6-20-18(14-16)15-31(25(20)34)22-7-8-23(32)30-24(22)33;/h2,5-6,14,17,19,21-22,29H,1,3-4,7-13,15H2,(H,30,32,33);/q-1;/t17-,21+,22?;/m1./s1. The Balaban J connectivity index is 0.00000289. The number of hydrogen-bond donors (Lipinski definition) is 2. The Kier molecular flexibility index (Phi) is 7.98. The monoisotopic (exact) mass is 528 g/mol. The zero-order valence-corrected chi connectivity index (χ0v) is 20.8. The van der Waals surface area contributed by atoms with E-state index in [-0.39, 0.29) is 60.2 Å². The predicted octanol–water partition coefficient (Wildman–Crippen LogP) is 3.53. The summed E-state index contributed by atoms with van der Waals surface area (Å²) >= 11 is 0. The van der Waals surface area contributed by atoms with Crippen molar-refractivity contribution in [1.29, 1.82) is 0 Å². The Morgan fingerprint density at radius 2 is 1.89 bits per heavy atom. The third-order valence-corrected chi connectivity index (χ3v) is 7.98. The van der Waals surface area contributed by atoms with Gasteiger partial charge in [-0.25, -0.2) is 8.78 Å². The number of amides is 3. The smallest absolute Gasteiger partial charge is 0.255 e. The van der Waals surface area contributed by atoms with Gasteiger partial charge in [0.2, 0.25) is 17.7 Å². The van der Waals surface area contributed by atoms with E-state index >= 15 is 0 Å². The quantitative estimate of drug-likeness (QED) is 0.349. The van der Waals surface area contributed by atoms with Gasteiger partial charge in [-0.3, -0.25) is 19.7 Å². The van der Waals surface area contributed by atoms with Gasteiger partial charge in [0.15, 0.2) is 0 Å². The molecule has 0 spiro atoms. The van der Waals surface area contributed by atoms with Crippen molar-refractivity contribution in [2.75, 3.05) is 0 Å². The number of fused-ring (bicyclic) bond motifs is 1. The van der Waals surface area contributed by atoms with Crippen molar-refractivity contribution in [1.82, 2.24) is 15.5 Å². The van der Waals surface area contributed by atoms with Crippen LogP contribution < -0.4 is 10.6 Å². The molecular formula is C26H32F2FeN3O3-. The molecule has 35 heavy (non-hydrogen) atoms. The van der Waals surface area contributed by atoms with Crippen molar-refractivity contribution in [3.8, 4) is 0 Å². The van der Waals surface area contributed by atoms with E-state index in [1.807, 2.05) is 12.1 Å². The minimum atomic E-state index is -2.51. The number of halogens is 2. The van der Waals surface area contributed by atoms with E-state index in [9.17, 15) is 23.2 Å². The average Bonchev–Trinajstić information content (AvgIpc) is 3.12. The SMILES string of the molecule is O=C1CCC(N2Cc3cc(C[C@H]4CC[CH-]C[C@@H]4NC4CCC(F)(F)CC4)ccc3C2=O)C(=O)N1.[Fe]. The van der Waals surface area contributed by atoms with Crippen LogP contribution >= 0.6 is 0 Å². The van der Waals surface area contributed by atoms with E-state index in [1.165, 1.54) is 0 Å². The molecule has 5 rings (SSSR count). The van der Waals surface area contributed by atoms with Crippen LogP contribution in [0.3, 0.4) is 0 Å². The number of piperidine rings is 1. The second-order valence-corrected chi connectivity index (χ2v) is 10.4. The normalized spacial score (nSPS) is 28.9. The second kappa shape index (κ2) is 10.7. The van der Waals surface area contributed by atoms with Crippen LogP contribution in [0, 0.1) is 12.3 Å². The molecule has 6 nitrogen and oxygen atoms in total. The fraction of sp³-hybridized carbons (Fsp3) is 0.615. The van der Waals surface area contributed by atoms with Crippen LogP contribution in [-0.2, 0) is 39.6 Å². The first-order valence-electron chi connectivity index (χ1n) is 12.5. The molecule has 192 valence electrons. The van der Waals surface area contributed by atoms with E-state index in [1.54, 1.807) is 4.90 Å². The summed E-state index contributed by atoms with van der Waals surface area (Å²) in [6.45, 7) is 0.380. The number of rotatable bonds is 5. The molecule has 9 heteroatoms. The van der Waals surface area contributed by atoms with Gasteiger partial charge in [0.1, 0.15) is 6.04 Å². The van der Waals surface area contributed by atoms with Gasteiger partial charge in [0, 0.05) is 54.5 Å². The van der Waals surface area contributed by atoms with Gasteiger partial charge in [-0.2, -0.15) is 12.8 Å². The van der Waals surface area contributed by atoms with Gasteiger partial charge in [-0.15, -0.1) is 0 Å². The molecule has 1 unspecified atom stereocenters. The molecule has 3 amide bonds. The Morgan fingerprint density at radius 3 is 2.63 bits per heavy atom. The van der Waals surface area contributed by atoms with Gasteiger partial charge in [0.25, 0.3) is 5.91 Å². The van der Waals surface area contributed by atoms with E-state index < -0.39 is 17.9 Å². The van der Waals surface area contributed by atoms with E-state index in [0.29, 0.717) is 37.3 Å². The topological polar surface area (TPSA) is 78.5 Å². The first kappa shape index (κ1) is 26.2. The van der Waals surface area contributed by atoms with Crippen LogP contribution in [0.4, 0.5) is 8.78 Å². The number of carbonyl (C=O) groups excluding carboxylic acids is 3. The third-order valence-electron chi connectivity index (χ3n) is 7.98. The van der Waals surface area contributed by atoms with Crippen molar-refractivity contribution in [2.24, 2.45) is 5.92 Å². The maximum absolute atomic E-state index is 13.5. The number of nitrogens with zero attached hydrogens (tertiary/aromatic N) is 1. The Labute approximate surface area is 215 Å². The summed E-state index contributed by atoms with van der Waals surface area (Å²) in [6.07, 6.45) is 7.80. The second-order valence-electron chi connectivity index (χ2n) is 10.4. The molecule has 0 radical (unpaired) electrons. The van der Waals surface area contributed by atoms with E-state index in [4.69, 9.17) is 0 Å². The molecule has 1 aromatic carbocycles. The van der Waals surface area contributed by atoms with Crippen LogP contribution in [0.25, 0.3) is 0 Å². The summed E-state index contributed by atoms with van der Waals surface area (Å²) in [7, 11) is 0. The molecule has 1 aromatic rings. The fourth-order valence-corrected chi connectivity index (χ4v) is 6.04. The molecule has 3 fully saturated rings. The number of hydrogen-bond acceptors (Lipinski definition) is 4. The van der Waals surface area contributed by atoms with Crippen LogP contribution in [0.1, 0.15) is 79.3 Å². The van der Waals surface area contributed by atoms with Crippen molar-refractivity contribution >= 4 is 17.7 Å². The number of carbonyl (C=O) groups is 3. The van der Waals surface area contributed by atoms with Gasteiger partial charge < -0.3 is 16.6 Å². The predicted molar refractivity (Wildman–Crippen MR) is 122 cm³/mol. The van der Waals surface area contributed by atoms with Crippen LogP contribution in [0.2, 0.25) is 0 Å².